The zero-order valence-corrected chi connectivity index (χ0v) is 15.3. The van der Waals surface area contributed by atoms with Gasteiger partial charge in [0.15, 0.2) is 0 Å². The van der Waals surface area contributed by atoms with Crippen LogP contribution in [0.2, 0.25) is 0 Å². The van der Waals surface area contributed by atoms with Crippen molar-refractivity contribution in [2.24, 2.45) is 5.92 Å². The highest BCUT2D eigenvalue weighted by molar-refractivity contribution is 5.53. The van der Waals surface area contributed by atoms with E-state index in [4.69, 9.17) is 14.6 Å². The van der Waals surface area contributed by atoms with E-state index in [9.17, 15) is 0 Å². The van der Waals surface area contributed by atoms with Gasteiger partial charge >= 0.3 is 0 Å². The fourth-order valence-corrected chi connectivity index (χ4v) is 4.36. The molecular formula is C22H22N2O2. The molecule has 0 bridgehead atoms. The molecule has 0 saturated carbocycles. The molecule has 0 spiro atoms. The van der Waals surface area contributed by atoms with E-state index < -0.39 is 0 Å². The van der Waals surface area contributed by atoms with Crippen molar-refractivity contribution in [3.05, 3.63) is 71.4 Å². The number of fused-ring (bicyclic) bond motifs is 5. The van der Waals surface area contributed by atoms with E-state index in [1.807, 2.05) is 28.9 Å². The number of rotatable bonds is 1. The summed E-state index contributed by atoms with van der Waals surface area (Å²) in [5.74, 6) is 2.31. The molecule has 5 rings (SSSR count). The van der Waals surface area contributed by atoms with Crippen LogP contribution in [0, 0.1) is 12.8 Å². The van der Waals surface area contributed by atoms with Gasteiger partial charge in [-0.3, -0.25) is 0 Å². The quantitative estimate of drug-likeness (QED) is 0.651. The molecule has 1 aromatic heterocycles. The smallest absolute Gasteiger partial charge is 0.221 e. The number of hydrogen-bond donors (Lipinski definition) is 0. The van der Waals surface area contributed by atoms with Crippen LogP contribution in [0.5, 0.6) is 11.6 Å². The highest BCUT2D eigenvalue weighted by Crippen LogP contribution is 2.53. The summed E-state index contributed by atoms with van der Waals surface area (Å²) >= 11 is 0. The summed E-state index contributed by atoms with van der Waals surface area (Å²) in [6.07, 6.45) is 0. The first-order valence-corrected chi connectivity index (χ1v) is 9.12. The number of aryl methyl sites for hydroxylation is 1. The lowest BCUT2D eigenvalue weighted by atomic mass is 9.70. The second kappa shape index (κ2) is 5.37. The Morgan fingerprint density at radius 1 is 1.04 bits per heavy atom. The number of hydrogen-bond acceptors (Lipinski definition) is 3. The van der Waals surface area contributed by atoms with E-state index in [1.165, 1.54) is 11.1 Å². The third-order valence-electron chi connectivity index (χ3n) is 5.70. The predicted molar refractivity (Wildman–Crippen MR) is 100 cm³/mol. The number of benzene rings is 2. The zero-order chi connectivity index (χ0) is 17.9. The summed E-state index contributed by atoms with van der Waals surface area (Å²) in [4.78, 5) is 0. The van der Waals surface area contributed by atoms with Gasteiger partial charge in [0, 0.05) is 23.0 Å². The fourth-order valence-electron chi connectivity index (χ4n) is 4.36. The predicted octanol–water partition coefficient (Wildman–Crippen LogP) is 4.49. The van der Waals surface area contributed by atoms with Gasteiger partial charge in [0.05, 0.1) is 18.0 Å². The highest BCUT2D eigenvalue weighted by atomic mass is 16.5. The van der Waals surface area contributed by atoms with Crippen molar-refractivity contribution in [1.82, 2.24) is 9.78 Å². The molecule has 2 aliphatic heterocycles. The molecule has 4 heteroatoms. The highest BCUT2D eigenvalue weighted by Gasteiger charge is 2.50. The molecule has 0 aliphatic carbocycles. The Morgan fingerprint density at radius 2 is 1.77 bits per heavy atom. The Balaban J connectivity index is 1.76. The Morgan fingerprint density at radius 3 is 2.58 bits per heavy atom. The normalized spacial score (nSPS) is 22.4. The van der Waals surface area contributed by atoms with Crippen molar-refractivity contribution in [2.75, 3.05) is 6.61 Å². The van der Waals surface area contributed by atoms with Gasteiger partial charge in [0.1, 0.15) is 11.4 Å². The minimum absolute atomic E-state index is 0.233. The molecule has 26 heavy (non-hydrogen) atoms. The van der Waals surface area contributed by atoms with E-state index in [2.05, 4.69) is 51.1 Å². The topological polar surface area (TPSA) is 36.3 Å². The van der Waals surface area contributed by atoms with Crippen molar-refractivity contribution < 1.29 is 9.47 Å². The molecule has 0 saturated heterocycles. The maximum Gasteiger partial charge on any atom is 0.221 e. The van der Waals surface area contributed by atoms with Crippen LogP contribution in [-0.4, -0.2) is 22.0 Å². The molecule has 0 amide bonds. The molecule has 2 atom stereocenters. The minimum atomic E-state index is -0.343. The van der Waals surface area contributed by atoms with Crippen molar-refractivity contribution in [2.45, 2.75) is 32.3 Å². The Hall–Kier alpha value is -2.75. The van der Waals surface area contributed by atoms with Crippen molar-refractivity contribution in [3.8, 4) is 17.3 Å². The summed E-state index contributed by atoms with van der Waals surface area (Å²) in [5, 5.41) is 4.84. The molecule has 4 nitrogen and oxygen atoms in total. The van der Waals surface area contributed by atoms with Gasteiger partial charge < -0.3 is 9.47 Å². The molecule has 3 aromatic rings. The van der Waals surface area contributed by atoms with Crippen molar-refractivity contribution in [1.29, 1.82) is 0 Å². The maximum atomic E-state index is 6.53. The third-order valence-corrected chi connectivity index (χ3v) is 5.70. The molecule has 2 aromatic carbocycles. The van der Waals surface area contributed by atoms with Crippen LogP contribution in [0.1, 0.15) is 36.6 Å². The van der Waals surface area contributed by atoms with Crippen molar-refractivity contribution >= 4 is 0 Å². The zero-order valence-electron chi connectivity index (χ0n) is 15.3. The standard InChI is InChI=1S/C22H22N2O2/c1-14-19-20-16-11-7-8-12-18(16)25-13-17(20)22(2,3)26-21(19)24(23-14)15-9-5-4-6-10-15/h4-12,17,20H,13H2,1-3H3/t17-,20-/m0/s1. The first-order chi connectivity index (χ1) is 12.6. The molecule has 0 unspecified atom stereocenters. The summed E-state index contributed by atoms with van der Waals surface area (Å²) < 4.78 is 14.5. The lowest BCUT2D eigenvalue weighted by molar-refractivity contribution is -0.0186. The molecule has 132 valence electrons. The largest absolute Gasteiger partial charge is 0.493 e. The summed E-state index contributed by atoms with van der Waals surface area (Å²) in [7, 11) is 0. The van der Waals surface area contributed by atoms with Crippen LogP contribution in [0.3, 0.4) is 0 Å². The number of nitrogens with zero attached hydrogens (tertiary/aromatic N) is 2. The number of aromatic nitrogens is 2. The van der Waals surface area contributed by atoms with Gasteiger partial charge in [0.2, 0.25) is 5.88 Å². The lowest BCUT2D eigenvalue weighted by Crippen LogP contribution is -2.49. The second-order valence-corrected chi connectivity index (χ2v) is 7.69. The molecular weight excluding hydrogens is 324 g/mol. The summed E-state index contributed by atoms with van der Waals surface area (Å²) in [5.41, 5.74) is 4.12. The molecule has 3 heterocycles. The Kier molecular flexibility index (Phi) is 3.20. The molecule has 2 aliphatic rings. The minimum Gasteiger partial charge on any atom is -0.493 e. The summed E-state index contributed by atoms with van der Waals surface area (Å²) in [6, 6.07) is 18.6. The van der Waals surface area contributed by atoms with Gasteiger partial charge in [-0.15, -0.1) is 0 Å². The Labute approximate surface area is 153 Å². The van der Waals surface area contributed by atoms with Crippen LogP contribution in [0.15, 0.2) is 54.6 Å². The van der Waals surface area contributed by atoms with Crippen LogP contribution in [-0.2, 0) is 0 Å². The SMILES string of the molecule is Cc1nn(-c2ccccc2)c2c1[C@H]1c3ccccc3OC[C@@H]1C(C)(C)O2. The van der Waals surface area contributed by atoms with Gasteiger partial charge in [-0.1, -0.05) is 36.4 Å². The lowest BCUT2D eigenvalue weighted by Gasteiger charge is -2.46. The van der Waals surface area contributed by atoms with Gasteiger partial charge in [-0.05, 0) is 39.0 Å². The van der Waals surface area contributed by atoms with E-state index in [1.54, 1.807) is 0 Å². The maximum absolute atomic E-state index is 6.53. The van der Waals surface area contributed by atoms with E-state index in [0.29, 0.717) is 6.61 Å². The Bertz CT molecular complexity index is 975. The third kappa shape index (κ3) is 2.11. The van der Waals surface area contributed by atoms with Gasteiger partial charge in [-0.25, -0.2) is 4.68 Å². The average Bonchev–Trinajstić information content (AvgIpc) is 2.97. The van der Waals surface area contributed by atoms with Crippen LogP contribution in [0.4, 0.5) is 0 Å². The summed E-state index contributed by atoms with van der Waals surface area (Å²) in [6.45, 7) is 7.05. The van der Waals surface area contributed by atoms with Gasteiger partial charge in [-0.2, -0.15) is 5.10 Å². The molecule has 0 N–H and O–H groups in total. The number of para-hydroxylation sites is 2. The first kappa shape index (κ1) is 15.5. The molecule has 0 radical (unpaired) electrons. The fraction of sp³-hybridized carbons (Fsp3) is 0.318. The van der Waals surface area contributed by atoms with Crippen molar-refractivity contribution in [3.63, 3.8) is 0 Å². The van der Waals surface area contributed by atoms with E-state index in [0.717, 1.165) is 23.0 Å². The average molecular weight is 346 g/mol. The van der Waals surface area contributed by atoms with E-state index >= 15 is 0 Å². The second-order valence-electron chi connectivity index (χ2n) is 7.69. The van der Waals surface area contributed by atoms with Crippen LogP contribution in [0.25, 0.3) is 5.69 Å². The number of ether oxygens (including phenoxy) is 2. The first-order valence-electron chi connectivity index (χ1n) is 9.12. The molecule has 0 fully saturated rings. The van der Waals surface area contributed by atoms with Crippen LogP contribution < -0.4 is 9.47 Å². The van der Waals surface area contributed by atoms with E-state index in [-0.39, 0.29) is 17.4 Å². The van der Waals surface area contributed by atoms with Gasteiger partial charge in [0.25, 0.3) is 0 Å². The monoisotopic (exact) mass is 346 g/mol. The van der Waals surface area contributed by atoms with Crippen LogP contribution >= 0.6 is 0 Å².